The lowest BCUT2D eigenvalue weighted by molar-refractivity contribution is 0.250. The molecule has 0 radical (unpaired) electrons. The normalized spacial score (nSPS) is 23.4. The zero-order chi connectivity index (χ0) is 15.1. The first-order valence-electron chi connectivity index (χ1n) is 8.29. The van der Waals surface area contributed by atoms with Crippen LogP contribution in [0.15, 0.2) is 24.3 Å². The molecule has 0 amide bonds. The van der Waals surface area contributed by atoms with Gasteiger partial charge in [0.1, 0.15) is 0 Å². The molecule has 3 atom stereocenters. The van der Waals surface area contributed by atoms with Crippen LogP contribution in [-0.2, 0) is 6.42 Å². The summed E-state index contributed by atoms with van der Waals surface area (Å²) in [7, 11) is 0. The van der Waals surface area contributed by atoms with Crippen molar-refractivity contribution in [1.82, 2.24) is 5.32 Å². The molecule has 0 aliphatic heterocycles. The molecule has 2 N–H and O–H groups in total. The van der Waals surface area contributed by atoms with Crippen molar-refractivity contribution in [2.75, 3.05) is 18.9 Å². The van der Waals surface area contributed by atoms with Gasteiger partial charge in [-0.25, -0.2) is 0 Å². The molecule has 0 heterocycles. The van der Waals surface area contributed by atoms with Crippen LogP contribution in [0.25, 0.3) is 0 Å². The fourth-order valence-electron chi connectivity index (χ4n) is 2.99. The van der Waals surface area contributed by atoms with Gasteiger partial charge in [0.15, 0.2) is 0 Å². The smallest absolute Gasteiger partial charge is 0.0464 e. The molecule has 0 saturated heterocycles. The van der Waals surface area contributed by atoms with Gasteiger partial charge in [0, 0.05) is 17.9 Å². The van der Waals surface area contributed by atoms with Crippen molar-refractivity contribution >= 4 is 11.8 Å². The molecular formula is C18H29NOS. The van der Waals surface area contributed by atoms with Crippen LogP contribution in [0.4, 0.5) is 0 Å². The summed E-state index contributed by atoms with van der Waals surface area (Å²) in [5, 5.41) is 13.7. The van der Waals surface area contributed by atoms with Crippen LogP contribution in [0.3, 0.4) is 0 Å². The maximum atomic E-state index is 9.26. The Morgan fingerprint density at radius 3 is 2.95 bits per heavy atom. The third-order valence-corrected chi connectivity index (χ3v) is 5.91. The summed E-state index contributed by atoms with van der Waals surface area (Å²) in [4.78, 5) is 0. The molecule has 1 aliphatic carbocycles. The molecule has 21 heavy (non-hydrogen) atoms. The first kappa shape index (κ1) is 16.9. The summed E-state index contributed by atoms with van der Waals surface area (Å²) in [6.07, 6.45) is 4.90. The van der Waals surface area contributed by atoms with Gasteiger partial charge in [0.05, 0.1) is 0 Å². The van der Waals surface area contributed by atoms with E-state index < -0.39 is 0 Å². The Bertz CT molecular complexity index is 423. The SMILES string of the molecule is CCCNC1c2ccccc2CCCC1SCC(C)CO. The van der Waals surface area contributed by atoms with Crippen LogP contribution in [0.1, 0.15) is 50.3 Å². The second-order valence-corrected chi connectivity index (χ2v) is 7.45. The van der Waals surface area contributed by atoms with Gasteiger partial charge in [-0.05, 0) is 55.0 Å². The van der Waals surface area contributed by atoms with Crippen LogP contribution in [0, 0.1) is 5.92 Å². The van der Waals surface area contributed by atoms with Crippen molar-refractivity contribution < 1.29 is 5.11 Å². The number of fused-ring (bicyclic) bond motifs is 1. The zero-order valence-electron chi connectivity index (χ0n) is 13.3. The number of aryl methyl sites for hydroxylation is 1. The van der Waals surface area contributed by atoms with E-state index in [2.05, 4.69) is 43.4 Å². The molecular weight excluding hydrogens is 278 g/mol. The highest BCUT2D eigenvalue weighted by atomic mass is 32.2. The largest absolute Gasteiger partial charge is 0.396 e. The Labute approximate surface area is 133 Å². The van der Waals surface area contributed by atoms with Gasteiger partial charge < -0.3 is 10.4 Å². The summed E-state index contributed by atoms with van der Waals surface area (Å²) in [6, 6.07) is 9.38. The number of rotatable bonds is 7. The van der Waals surface area contributed by atoms with Gasteiger partial charge in [-0.15, -0.1) is 0 Å². The summed E-state index contributed by atoms with van der Waals surface area (Å²) in [5.74, 6) is 1.44. The molecule has 2 rings (SSSR count). The summed E-state index contributed by atoms with van der Waals surface area (Å²) in [6.45, 7) is 5.73. The number of aliphatic hydroxyl groups is 1. The van der Waals surface area contributed by atoms with Crippen molar-refractivity contribution in [3.05, 3.63) is 35.4 Å². The van der Waals surface area contributed by atoms with Crippen molar-refractivity contribution in [1.29, 1.82) is 0 Å². The van der Waals surface area contributed by atoms with Gasteiger partial charge in [-0.3, -0.25) is 0 Å². The monoisotopic (exact) mass is 307 g/mol. The Morgan fingerprint density at radius 2 is 2.19 bits per heavy atom. The lowest BCUT2D eigenvalue weighted by Gasteiger charge is -2.28. The topological polar surface area (TPSA) is 32.3 Å². The van der Waals surface area contributed by atoms with Crippen molar-refractivity contribution in [3.8, 4) is 0 Å². The van der Waals surface area contributed by atoms with Gasteiger partial charge in [-0.2, -0.15) is 11.8 Å². The molecule has 2 nitrogen and oxygen atoms in total. The number of hydrogen-bond acceptors (Lipinski definition) is 3. The molecule has 1 aliphatic rings. The standard InChI is InChI=1S/C18H29NOS/c1-3-11-19-18-16-9-5-4-7-15(16)8-6-10-17(18)21-13-14(2)12-20/h4-5,7,9,14,17-20H,3,6,8,10-13H2,1-2H3. The van der Waals surface area contributed by atoms with Gasteiger partial charge >= 0.3 is 0 Å². The van der Waals surface area contributed by atoms with E-state index in [1.807, 2.05) is 11.8 Å². The highest BCUT2D eigenvalue weighted by molar-refractivity contribution is 7.99. The second kappa shape index (κ2) is 8.82. The number of hydrogen-bond donors (Lipinski definition) is 2. The van der Waals surface area contributed by atoms with E-state index in [1.165, 1.54) is 36.8 Å². The lowest BCUT2D eigenvalue weighted by Crippen LogP contribution is -2.31. The van der Waals surface area contributed by atoms with Crippen LogP contribution in [-0.4, -0.2) is 29.3 Å². The summed E-state index contributed by atoms with van der Waals surface area (Å²) < 4.78 is 0. The summed E-state index contributed by atoms with van der Waals surface area (Å²) >= 11 is 2.04. The van der Waals surface area contributed by atoms with Crippen LogP contribution in [0.2, 0.25) is 0 Å². The average Bonchev–Trinajstić information content (AvgIpc) is 2.69. The first-order chi connectivity index (χ1) is 10.3. The third-order valence-electron chi connectivity index (χ3n) is 4.22. The molecule has 0 saturated carbocycles. The number of nitrogens with one attached hydrogen (secondary N) is 1. The Hall–Kier alpha value is -0.510. The van der Waals surface area contributed by atoms with Gasteiger partial charge in [0.2, 0.25) is 0 Å². The van der Waals surface area contributed by atoms with Gasteiger partial charge in [0.25, 0.3) is 0 Å². The number of aliphatic hydroxyl groups excluding tert-OH is 1. The van der Waals surface area contributed by atoms with Gasteiger partial charge in [-0.1, -0.05) is 38.1 Å². The molecule has 1 aromatic carbocycles. The maximum Gasteiger partial charge on any atom is 0.0464 e. The van der Waals surface area contributed by atoms with E-state index in [0.717, 1.165) is 12.3 Å². The Morgan fingerprint density at radius 1 is 1.38 bits per heavy atom. The predicted octanol–water partition coefficient (Wildman–Crippen LogP) is 3.79. The molecule has 3 unspecified atom stereocenters. The number of thioether (sulfide) groups is 1. The van der Waals surface area contributed by atoms with E-state index >= 15 is 0 Å². The van der Waals surface area contributed by atoms with E-state index in [-0.39, 0.29) is 0 Å². The van der Waals surface area contributed by atoms with Crippen LogP contribution >= 0.6 is 11.8 Å². The number of benzene rings is 1. The fraction of sp³-hybridized carbons (Fsp3) is 0.667. The average molecular weight is 308 g/mol. The Balaban J connectivity index is 2.14. The molecule has 0 bridgehead atoms. The second-order valence-electron chi connectivity index (χ2n) is 6.18. The molecule has 118 valence electrons. The first-order valence-corrected chi connectivity index (χ1v) is 9.34. The van der Waals surface area contributed by atoms with E-state index in [4.69, 9.17) is 0 Å². The third kappa shape index (κ3) is 4.73. The van der Waals surface area contributed by atoms with Crippen LogP contribution < -0.4 is 5.32 Å². The molecule has 0 aromatic heterocycles. The predicted molar refractivity (Wildman–Crippen MR) is 92.9 cm³/mol. The van der Waals surface area contributed by atoms with E-state index in [1.54, 1.807) is 0 Å². The highest BCUT2D eigenvalue weighted by Gasteiger charge is 2.27. The van der Waals surface area contributed by atoms with Crippen molar-refractivity contribution in [2.24, 2.45) is 5.92 Å². The molecule has 1 aromatic rings. The van der Waals surface area contributed by atoms with E-state index in [9.17, 15) is 5.11 Å². The summed E-state index contributed by atoms with van der Waals surface area (Å²) in [5.41, 5.74) is 3.02. The van der Waals surface area contributed by atoms with Crippen LogP contribution in [0.5, 0.6) is 0 Å². The Kier molecular flexibility index (Phi) is 7.08. The van der Waals surface area contributed by atoms with Crippen molar-refractivity contribution in [3.63, 3.8) is 0 Å². The highest BCUT2D eigenvalue weighted by Crippen LogP contribution is 2.36. The van der Waals surface area contributed by atoms with E-state index in [0.29, 0.717) is 23.8 Å². The maximum absolute atomic E-state index is 9.26. The molecule has 0 spiro atoms. The minimum Gasteiger partial charge on any atom is -0.396 e. The minimum absolute atomic E-state index is 0.295. The fourth-order valence-corrected chi connectivity index (χ4v) is 4.44. The molecule has 0 fully saturated rings. The minimum atomic E-state index is 0.295. The quantitative estimate of drug-likeness (QED) is 0.752. The molecule has 3 heteroatoms. The zero-order valence-corrected chi connectivity index (χ0v) is 14.2. The lowest BCUT2D eigenvalue weighted by atomic mass is 9.99. The van der Waals surface area contributed by atoms with Crippen molar-refractivity contribution in [2.45, 2.75) is 50.8 Å².